The fraction of sp³-hybridized carbons (Fsp3) is 0. The van der Waals surface area contributed by atoms with Crippen LogP contribution in [-0.4, -0.2) is 29.3 Å². The van der Waals surface area contributed by atoms with Gasteiger partial charge in [-0.2, -0.15) is 0 Å². The predicted molar refractivity (Wildman–Crippen MR) is 124 cm³/mol. The van der Waals surface area contributed by atoms with E-state index in [0.29, 0.717) is 22.5 Å². The summed E-state index contributed by atoms with van der Waals surface area (Å²) in [6.45, 7) is 0. The van der Waals surface area contributed by atoms with Crippen molar-refractivity contribution in [3.05, 3.63) is 98.1 Å². The molecule has 6 nitrogen and oxygen atoms in total. The summed E-state index contributed by atoms with van der Waals surface area (Å²) in [6, 6.07) is 19.5. The summed E-state index contributed by atoms with van der Waals surface area (Å²) in [6.07, 6.45) is 10.2. The zero-order chi connectivity index (χ0) is 21.7. The van der Waals surface area contributed by atoms with E-state index < -0.39 is 0 Å². The van der Waals surface area contributed by atoms with Crippen molar-refractivity contribution in [1.29, 1.82) is 0 Å². The number of fused-ring (bicyclic) bond motifs is 2. The van der Waals surface area contributed by atoms with Crippen LogP contribution in [0.5, 0.6) is 11.5 Å². The average molecular weight is 418 g/mol. The molecule has 0 aliphatic carbocycles. The summed E-state index contributed by atoms with van der Waals surface area (Å²) < 4.78 is 3.54. The van der Waals surface area contributed by atoms with Gasteiger partial charge in [-0.25, -0.2) is 9.97 Å². The van der Waals surface area contributed by atoms with Gasteiger partial charge in [0.15, 0.2) is 0 Å². The molecular weight excluding hydrogens is 400 g/mol. The average Bonchev–Trinajstić information content (AvgIpc) is 3.54. The van der Waals surface area contributed by atoms with Crippen LogP contribution in [0.3, 0.4) is 0 Å². The number of phenolic OH excluding ortho intramolecular Hbond substituents is 2. The molecule has 0 bridgehead atoms. The van der Waals surface area contributed by atoms with Crippen molar-refractivity contribution in [3.63, 3.8) is 0 Å². The van der Waals surface area contributed by atoms with Gasteiger partial charge in [0, 0.05) is 35.9 Å². The Balaban J connectivity index is 1.80. The molecular formula is C26H18N4O2. The number of aromatic hydroxyl groups is 2. The Morgan fingerprint density at radius 1 is 0.594 bits per heavy atom. The Morgan fingerprint density at radius 2 is 1.03 bits per heavy atom. The van der Waals surface area contributed by atoms with E-state index in [0.717, 1.165) is 21.5 Å². The van der Waals surface area contributed by atoms with Crippen LogP contribution >= 0.6 is 0 Å². The molecule has 6 rings (SSSR count). The molecule has 0 saturated carbocycles. The van der Waals surface area contributed by atoms with Crippen LogP contribution in [0.15, 0.2) is 98.1 Å². The lowest BCUT2D eigenvalue weighted by Crippen LogP contribution is -1.97. The molecule has 6 aromatic rings. The second-order valence-electron chi connectivity index (χ2n) is 7.62. The van der Waals surface area contributed by atoms with Gasteiger partial charge in [-0.05, 0) is 33.7 Å². The Kier molecular flexibility index (Phi) is 3.98. The van der Waals surface area contributed by atoms with Gasteiger partial charge in [-0.1, -0.05) is 48.5 Å². The number of hydrogen-bond donors (Lipinski definition) is 2. The number of rotatable bonds is 3. The predicted octanol–water partition coefficient (Wildman–Crippen LogP) is 5.44. The van der Waals surface area contributed by atoms with Gasteiger partial charge in [0.05, 0.1) is 24.0 Å². The van der Waals surface area contributed by atoms with Gasteiger partial charge in [0.25, 0.3) is 0 Å². The van der Waals surface area contributed by atoms with Crippen LogP contribution in [0.25, 0.3) is 44.0 Å². The molecule has 2 heterocycles. The highest BCUT2D eigenvalue weighted by molar-refractivity contribution is 6.12. The molecule has 0 aliphatic rings. The standard InChI is InChI=1S/C26H18N4O2/c31-25-21(29-11-9-27-15-29)13-17-5-1-3-7-19(17)23(25)24-20-8-4-2-6-18(20)14-22(26(24)32)30-12-10-28-16-30/h1-16,31-32H. The third-order valence-electron chi connectivity index (χ3n) is 5.82. The van der Waals surface area contributed by atoms with Crippen molar-refractivity contribution in [2.75, 3.05) is 0 Å². The first-order valence-electron chi connectivity index (χ1n) is 10.2. The summed E-state index contributed by atoms with van der Waals surface area (Å²) in [5.41, 5.74) is 2.32. The Labute approximate surface area is 183 Å². The highest BCUT2D eigenvalue weighted by Gasteiger charge is 2.23. The molecule has 0 atom stereocenters. The van der Waals surface area contributed by atoms with Gasteiger partial charge >= 0.3 is 0 Å². The monoisotopic (exact) mass is 418 g/mol. The molecule has 0 fully saturated rings. The molecule has 32 heavy (non-hydrogen) atoms. The van der Waals surface area contributed by atoms with Crippen LogP contribution in [0.2, 0.25) is 0 Å². The summed E-state index contributed by atoms with van der Waals surface area (Å²) in [5, 5.41) is 26.7. The Hall–Kier alpha value is -4.58. The van der Waals surface area contributed by atoms with Crippen LogP contribution in [0, 0.1) is 0 Å². The minimum absolute atomic E-state index is 0.0740. The minimum atomic E-state index is 0.0740. The largest absolute Gasteiger partial charge is 0.505 e. The van der Waals surface area contributed by atoms with E-state index in [1.807, 2.05) is 60.7 Å². The molecule has 0 radical (unpaired) electrons. The fourth-order valence-electron chi connectivity index (χ4n) is 4.35. The van der Waals surface area contributed by atoms with Gasteiger partial charge in [-0.15, -0.1) is 0 Å². The van der Waals surface area contributed by atoms with Crippen LogP contribution < -0.4 is 0 Å². The van der Waals surface area contributed by atoms with Crippen LogP contribution in [-0.2, 0) is 0 Å². The molecule has 0 spiro atoms. The van der Waals surface area contributed by atoms with Crippen molar-refractivity contribution in [1.82, 2.24) is 19.1 Å². The maximum absolute atomic E-state index is 11.5. The molecule has 154 valence electrons. The van der Waals surface area contributed by atoms with E-state index in [1.54, 1.807) is 46.6 Å². The van der Waals surface area contributed by atoms with E-state index >= 15 is 0 Å². The highest BCUT2D eigenvalue weighted by Crippen LogP contribution is 2.48. The Morgan fingerprint density at radius 3 is 1.44 bits per heavy atom. The molecule has 0 amide bonds. The number of hydrogen-bond acceptors (Lipinski definition) is 4. The van der Waals surface area contributed by atoms with Crippen molar-refractivity contribution < 1.29 is 10.2 Å². The molecule has 0 saturated heterocycles. The number of aromatic nitrogens is 4. The molecule has 0 aliphatic heterocycles. The van der Waals surface area contributed by atoms with Crippen LogP contribution in [0.4, 0.5) is 0 Å². The molecule has 4 aromatic carbocycles. The first-order valence-corrected chi connectivity index (χ1v) is 10.2. The number of nitrogens with zero attached hydrogens (tertiary/aromatic N) is 4. The second kappa shape index (κ2) is 6.99. The zero-order valence-electron chi connectivity index (χ0n) is 16.9. The van der Waals surface area contributed by atoms with E-state index in [9.17, 15) is 10.2 Å². The van der Waals surface area contributed by atoms with E-state index in [1.165, 1.54) is 0 Å². The highest BCUT2D eigenvalue weighted by atomic mass is 16.3. The van der Waals surface area contributed by atoms with Crippen molar-refractivity contribution in [2.24, 2.45) is 0 Å². The van der Waals surface area contributed by atoms with Gasteiger partial charge in [0.2, 0.25) is 0 Å². The van der Waals surface area contributed by atoms with Gasteiger partial charge in [-0.3, -0.25) is 0 Å². The van der Waals surface area contributed by atoms with E-state index in [4.69, 9.17) is 0 Å². The van der Waals surface area contributed by atoms with E-state index in [-0.39, 0.29) is 11.5 Å². The summed E-state index contributed by atoms with van der Waals surface area (Å²) in [5.74, 6) is 0.148. The third kappa shape index (κ3) is 2.66. The lowest BCUT2D eigenvalue weighted by molar-refractivity contribution is 0.467. The summed E-state index contributed by atoms with van der Waals surface area (Å²) in [7, 11) is 0. The third-order valence-corrected chi connectivity index (χ3v) is 5.82. The minimum Gasteiger partial charge on any atom is -0.505 e. The summed E-state index contributed by atoms with van der Waals surface area (Å²) >= 11 is 0. The smallest absolute Gasteiger partial charge is 0.148 e. The molecule has 2 aromatic heterocycles. The topological polar surface area (TPSA) is 76.1 Å². The van der Waals surface area contributed by atoms with Gasteiger partial charge in [0.1, 0.15) is 11.5 Å². The first kappa shape index (κ1) is 18.2. The van der Waals surface area contributed by atoms with Gasteiger partial charge < -0.3 is 19.3 Å². The van der Waals surface area contributed by atoms with Crippen molar-refractivity contribution in [2.45, 2.75) is 0 Å². The number of imidazole rings is 2. The number of benzene rings is 4. The SMILES string of the molecule is Oc1c(-n2ccnc2)cc2ccccc2c1-c1c(O)c(-n2ccnc2)cc2ccccc12. The summed E-state index contributed by atoms with van der Waals surface area (Å²) in [4.78, 5) is 8.26. The van der Waals surface area contributed by atoms with Crippen LogP contribution in [0.1, 0.15) is 0 Å². The number of phenols is 2. The second-order valence-corrected chi connectivity index (χ2v) is 7.62. The quantitative estimate of drug-likeness (QED) is 0.401. The lowest BCUT2D eigenvalue weighted by Gasteiger charge is -2.19. The van der Waals surface area contributed by atoms with Crippen molar-refractivity contribution >= 4 is 21.5 Å². The zero-order valence-corrected chi connectivity index (χ0v) is 16.9. The molecule has 0 unspecified atom stereocenters. The Bertz CT molecular complexity index is 1460. The molecule has 2 N–H and O–H groups in total. The molecule has 6 heteroatoms. The lowest BCUT2D eigenvalue weighted by atomic mass is 9.91. The van der Waals surface area contributed by atoms with Crippen molar-refractivity contribution in [3.8, 4) is 34.0 Å². The fourth-order valence-corrected chi connectivity index (χ4v) is 4.35. The normalized spacial score (nSPS) is 11.4. The maximum Gasteiger partial charge on any atom is 0.148 e. The van der Waals surface area contributed by atoms with E-state index in [2.05, 4.69) is 9.97 Å². The first-order chi connectivity index (χ1) is 15.7. The maximum atomic E-state index is 11.5.